The number of thiazole rings is 1. The molecule has 0 fully saturated rings. The minimum absolute atomic E-state index is 0.0556. The number of aliphatic hydroxyl groups excluding tert-OH is 1. The zero-order chi connectivity index (χ0) is 15.9. The van der Waals surface area contributed by atoms with E-state index in [-0.39, 0.29) is 18.4 Å². The average Bonchev–Trinajstić information content (AvgIpc) is 2.96. The lowest BCUT2D eigenvalue weighted by molar-refractivity contribution is -0.113. The van der Waals surface area contributed by atoms with Gasteiger partial charge >= 0.3 is 0 Å². The van der Waals surface area contributed by atoms with Gasteiger partial charge in [-0.15, -0.1) is 11.3 Å². The molecule has 22 heavy (non-hydrogen) atoms. The van der Waals surface area contributed by atoms with Crippen LogP contribution >= 0.6 is 23.1 Å². The second kappa shape index (κ2) is 8.31. The fourth-order valence-corrected chi connectivity index (χ4v) is 3.37. The summed E-state index contributed by atoms with van der Waals surface area (Å²) in [6.07, 6.45) is 0. The SMILES string of the molecule is Cc1ccc(-c2csc(NC(=O)CSCC(C)CO)n2)cc1. The minimum atomic E-state index is -0.0556. The number of nitrogens with one attached hydrogen (secondary N) is 1. The summed E-state index contributed by atoms with van der Waals surface area (Å²) in [7, 11) is 0. The minimum Gasteiger partial charge on any atom is -0.396 e. The smallest absolute Gasteiger partial charge is 0.236 e. The summed E-state index contributed by atoms with van der Waals surface area (Å²) < 4.78 is 0. The molecule has 1 atom stereocenters. The number of nitrogens with zero attached hydrogens (tertiary/aromatic N) is 1. The van der Waals surface area contributed by atoms with Crippen molar-refractivity contribution in [3.05, 3.63) is 35.2 Å². The summed E-state index contributed by atoms with van der Waals surface area (Å²) in [5.41, 5.74) is 3.14. The molecule has 0 spiro atoms. The highest BCUT2D eigenvalue weighted by Crippen LogP contribution is 2.25. The largest absolute Gasteiger partial charge is 0.396 e. The molecule has 118 valence electrons. The third-order valence-corrected chi connectivity index (χ3v) is 5.07. The molecule has 0 aliphatic rings. The molecular weight excluding hydrogens is 316 g/mol. The Morgan fingerprint density at radius 1 is 1.41 bits per heavy atom. The van der Waals surface area contributed by atoms with Gasteiger partial charge in [0, 0.05) is 17.6 Å². The summed E-state index contributed by atoms with van der Waals surface area (Å²) >= 11 is 2.95. The van der Waals surface area contributed by atoms with E-state index >= 15 is 0 Å². The fraction of sp³-hybridized carbons (Fsp3) is 0.375. The van der Waals surface area contributed by atoms with Crippen LogP contribution < -0.4 is 5.32 Å². The first kappa shape index (κ1) is 17.0. The van der Waals surface area contributed by atoms with E-state index in [9.17, 15) is 4.79 Å². The predicted molar refractivity (Wildman–Crippen MR) is 94.5 cm³/mol. The molecule has 1 unspecified atom stereocenters. The molecule has 2 aromatic rings. The number of rotatable bonds is 7. The molecular formula is C16H20N2O2S2. The number of benzene rings is 1. The Balaban J connectivity index is 1.86. The second-order valence-electron chi connectivity index (χ2n) is 5.25. The van der Waals surface area contributed by atoms with Crippen LogP contribution in [0.15, 0.2) is 29.6 Å². The number of aromatic nitrogens is 1. The number of aliphatic hydroxyl groups is 1. The highest BCUT2D eigenvalue weighted by Gasteiger charge is 2.09. The second-order valence-corrected chi connectivity index (χ2v) is 7.14. The van der Waals surface area contributed by atoms with Gasteiger partial charge in [-0.3, -0.25) is 4.79 Å². The topological polar surface area (TPSA) is 62.2 Å². The first-order valence-electron chi connectivity index (χ1n) is 7.09. The maximum atomic E-state index is 11.8. The van der Waals surface area contributed by atoms with Crippen molar-refractivity contribution >= 4 is 34.1 Å². The molecule has 1 heterocycles. The van der Waals surface area contributed by atoms with Crippen molar-refractivity contribution in [2.75, 3.05) is 23.4 Å². The van der Waals surface area contributed by atoms with E-state index in [1.165, 1.54) is 28.7 Å². The highest BCUT2D eigenvalue weighted by atomic mass is 32.2. The van der Waals surface area contributed by atoms with E-state index in [1.54, 1.807) is 0 Å². The van der Waals surface area contributed by atoms with E-state index in [2.05, 4.69) is 10.3 Å². The molecule has 4 nitrogen and oxygen atoms in total. The maximum absolute atomic E-state index is 11.8. The standard InChI is InChI=1S/C16H20N2O2S2/c1-11-3-5-13(6-4-11)14-9-22-16(17-14)18-15(20)10-21-8-12(2)7-19/h3-6,9,12,19H,7-8,10H2,1-2H3,(H,17,18,20). The molecule has 1 amide bonds. The van der Waals surface area contributed by atoms with Gasteiger partial charge in [0.25, 0.3) is 0 Å². The Hall–Kier alpha value is -1.37. The van der Waals surface area contributed by atoms with Gasteiger partial charge in [-0.2, -0.15) is 11.8 Å². The van der Waals surface area contributed by atoms with Crippen LogP contribution in [-0.2, 0) is 4.79 Å². The van der Waals surface area contributed by atoms with E-state index in [0.29, 0.717) is 10.9 Å². The van der Waals surface area contributed by atoms with Gasteiger partial charge in [-0.05, 0) is 18.6 Å². The normalized spacial score (nSPS) is 12.1. The van der Waals surface area contributed by atoms with Gasteiger partial charge in [-0.1, -0.05) is 36.8 Å². The number of carbonyl (C=O) groups is 1. The Bertz CT molecular complexity index is 611. The maximum Gasteiger partial charge on any atom is 0.236 e. The number of anilines is 1. The molecule has 0 saturated carbocycles. The van der Waals surface area contributed by atoms with E-state index in [1.807, 2.05) is 43.5 Å². The molecule has 0 radical (unpaired) electrons. The van der Waals surface area contributed by atoms with Crippen molar-refractivity contribution in [2.45, 2.75) is 13.8 Å². The van der Waals surface area contributed by atoms with E-state index in [4.69, 9.17) is 5.11 Å². The number of aryl methyl sites for hydroxylation is 1. The van der Waals surface area contributed by atoms with Gasteiger partial charge < -0.3 is 10.4 Å². The van der Waals surface area contributed by atoms with Gasteiger partial charge in [0.2, 0.25) is 5.91 Å². The van der Waals surface area contributed by atoms with Crippen molar-refractivity contribution in [3.63, 3.8) is 0 Å². The Morgan fingerprint density at radius 2 is 2.14 bits per heavy atom. The van der Waals surface area contributed by atoms with Crippen molar-refractivity contribution < 1.29 is 9.90 Å². The number of hydrogen-bond donors (Lipinski definition) is 2. The summed E-state index contributed by atoms with van der Waals surface area (Å²) in [5.74, 6) is 1.31. The predicted octanol–water partition coefficient (Wildman–Crippen LogP) is 3.42. The number of amides is 1. The first-order chi connectivity index (χ1) is 10.6. The Morgan fingerprint density at radius 3 is 2.82 bits per heavy atom. The van der Waals surface area contributed by atoms with Crippen molar-refractivity contribution in [1.82, 2.24) is 4.98 Å². The molecule has 0 saturated heterocycles. The zero-order valence-electron chi connectivity index (χ0n) is 12.7. The third kappa shape index (κ3) is 5.12. The summed E-state index contributed by atoms with van der Waals surface area (Å²) in [6, 6.07) is 8.15. The molecule has 0 aliphatic heterocycles. The van der Waals surface area contributed by atoms with Crippen molar-refractivity contribution in [1.29, 1.82) is 0 Å². The van der Waals surface area contributed by atoms with Crippen LogP contribution in [-0.4, -0.2) is 34.1 Å². The number of hydrogen-bond acceptors (Lipinski definition) is 5. The van der Waals surface area contributed by atoms with Crippen LogP contribution in [0.1, 0.15) is 12.5 Å². The Labute approximate surface area is 139 Å². The van der Waals surface area contributed by atoms with Gasteiger partial charge in [0.1, 0.15) is 0 Å². The molecule has 2 N–H and O–H groups in total. The average molecular weight is 336 g/mol. The van der Waals surface area contributed by atoms with Crippen LogP contribution in [0.3, 0.4) is 0 Å². The van der Waals surface area contributed by atoms with Crippen LogP contribution in [0.25, 0.3) is 11.3 Å². The zero-order valence-corrected chi connectivity index (χ0v) is 14.3. The highest BCUT2D eigenvalue weighted by molar-refractivity contribution is 7.99. The van der Waals surface area contributed by atoms with Crippen LogP contribution in [0.5, 0.6) is 0 Å². The lowest BCUT2D eigenvalue weighted by Gasteiger charge is -2.06. The fourth-order valence-electron chi connectivity index (χ4n) is 1.75. The van der Waals surface area contributed by atoms with Crippen LogP contribution in [0.4, 0.5) is 5.13 Å². The number of carbonyl (C=O) groups excluding carboxylic acids is 1. The Kier molecular flexibility index (Phi) is 6.42. The molecule has 0 aliphatic carbocycles. The number of thioether (sulfide) groups is 1. The van der Waals surface area contributed by atoms with Crippen molar-refractivity contribution in [2.24, 2.45) is 5.92 Å². The lowest BCUT2D eigenvalue weighted by Crippen LogP contribution is -2.15. The summed E-state index contributed by atoms with van der Waals surface area (Å²) in [5, 5.41) is 14.3. The molecule has 0 bridgehead atoms. The van der Waals surface area contributed by atoms with Gasteiger partial charge in [-0.25, -0.2) is 4.98 Å². The van der Waals surface area contributed by atoms with Gasteiger partial charge in [0.05, 0.1) is 11.4 Å². The van der Waals surface area contributed by atoms with E-state index in [0.717, 1.165) is 17.0 Å². The quantitative estimate of drug-likeness (QED) is 0.813. The van der Waals surface area contributed by atoms with Crippen LogP contribution in [0, 0.1) is 12.8 Å². The molecule has 6 heteroatoms. The lowest BCUT2D eigenvalue weighted by atomic mass is 10.1. The van der Waals surface area contributed by atoms with Crippen LogP contribution in [0.2, 0.25) is 0 Å². The van der Waals surface area contributed by atoms with E-state index < -0.39 is 0 Å². The molecule has 1 aromatic carbocycles. The monoisotopic (exact) mass is 336 g/mol. The van der Waals surface area contributed by atoms with Crippen molar-refractivity contribution in [3.8, 4) is 11.3 Å². The summed E-state index contributed by atoms with van der Waals surface area (Å²) in [6.45, 7) is 4.16. The first-order valence-corrected chi connectivity index (χ1v) is 9.13. The molecule has 1 aromatic heterocycles. The summed E-state index contributed by atoms with van der Waals surface area (Å²) in [4.78, 5) is 16.3. The molecule has 2 rings (SSSR count). The van der Waals surface area contributed by atoms with Gasteiger partial charge in [0.15, 0.2) is 5.13 Å². The third-order valence-electron chi connectivity index (χ3n) is 3.05.